The van der Waals surface area contributed by atoms with Crippen molar-refractivity contribution in [3.63, 3.8) is 0 Å². The summed E-state index contributed by atoms with van der Waals surface area (Å²) in [5.41, 5.74) is -1.87. The fourth-order valence-electron chi connectivity index (χ4n) is 2.02. The molecule has 27 heavy (non-hydrogen) atoms. The molecule has 0 saturated heterocycles. The first kappa shape index (κ1) is 20.4. The quantitative estimate of drug-likeness (QED) is 0.411. The largest absolute Gasteiger partial charge is 0.544 e. The van der Waals surface area contributed by atoms with Crippen molar-refractivity contribution < 1.29 is 40.5 Å². The zero-order valence-electron chi connectivity index (χ0n) is 13.3. The van der Waals surface area contributed by atoms with E-state index in [-0.39, 0.29) is 5.75 Å². The molecule has 2 aromatic rings. The van der Waals surface area contributed by atoms with Crippen LogP contribution in [0.1, 0.15) is 0 Å². The van der Waals surface area contributed by atoms with Crippen LogP contribution in [-0.4, -0.2) is 26.8 Å². The molecule has 0 aliphatic rings. The van der Waals surface area contributed by atoms with Crippen molar-refractivity contribution in [1.29, 1.82) is 0 Å². The second-order valence-corrected chi connectivity index (χ2v) is 6.53. The van der Waals surface area contributed by atoms with Gasteiger partial charge in [0.05, 0.1) is 17.7 Å². The van der Waals surface area contributed by atoms with Gasteiger partial charge in [0.15, 0.2) is 16.5 Å². The van der Waals surface area contributed by atoms with Crippen LogP contribution >= 0.6 is 0 Å². The van der Waals surface area contributed by atoms with Gasteiger partial charge in [-0.2, -0.15) is 13.3 Å². The smallest absolute Gasteiger partial charge is 0.494 e. The van der Waals surface area contributed by atoms with Crippen LogP contribution in [0.2, 0.25) is 0 Å². The number of anilines is 1. The molecule has 0 amide bonds. The number of halogens is 4. The van der Waals surface area contributed by atoms with Gasteiger partial charge in [0.25, 0.3) is 15.7 Å². The van der Waals surface area contributed by atoms with E-state index in [0.717, 1.165) is 43.5 Å². The topological polar surface area (TPSA) is 99.0 Å². The Bertz CT molecular complexity index is 964. The zero-order valence-corrected chi connectivity index (χ0v) is 14.1. The van der Waals surface area contributed by atoms with Crippen molar-refractivity contribution in [2.75, 3.05) is 11.6 Å². The lowest BCUT2D eigenvalue weighted by molar-refractivity contribution is -0.387. The Kier molecular flexibility index (Phi) is 5.56. The predicted molar refractivity (Wildman–Crippen MR) is 82.9 cm³/mol. The van der Waals surface area contributed by atoms with Crippen LogP contribution in [0.5, 0.6) is 5.75 Å². The Morgan fingerprint density at radius 2 is 1.78 bits per heavy atom. The summed E-state index contributed by atoms with van der Waals surface area (Å²) in [5.74, 6) is -1.54. The minimum absolute atomic E-state index is 0.367. The molecule has 146 valence electrons. The van der Waals surface area contributed by atoms with Gasteiger partial charge in [-0.25, -0.2) is 4.39 Å². The van der Waals surface area contributed by atoms with E-state index in [1.54, 1.807) is 0 Å². The number of sulfonamides is 1. The molecule has 0 bridgehead atoms. The third kappa shape index (κ3) is 4.43. The van der Waals surface area contributed by atoms with E-state index in [1.807, 2.05) is 0 Å². The first-order valence-electron chi connectivity index (χ1n) is 6.85. The van der Waals surface area contributed by atoms with Crippen molar-refractivity contribution >= 4 is 21.4 Å². The Morgan fingerprint density at radius 3 is 2.30 bits per heavy atom. The lowest BCUT2D eigenvalue weighted by atomic mass is 10.3. The van der Waals surface area contributed by atoms with Crippen LogP contribution in [0.3, 0.4) is 0 Å². The van der Waals surface area contributed by atoms with Crippen molar-refractivity contribution in [1.82, 2.24) is 0 Å². The number of para-hydroxylation sites is 1. The SMILES string of the molecule is COc1ccc(N(OC(F)(F)F)S(=O)(=O)c2ccccc2[N+](=O)[O-])cc1F. The Hall–Kier alpha value is -2.93. The van der Waals surface area contributed by atoms with Gasteiger partial charge in [-0.05, 0) is 18.2 Å². The molecule has 13 heteroatoms. The lowest BCUT2D eigenvalue weighted by Gasteiger charge is -2.24. The minimum Gasteiger partial charge on any atom is -0.494 e. The van der Waals surface area contributed by atoms with Crippen molar-refractivity contribution in [2.24, 2.45) is 0 Å². The number of rotatable bonds is 6. The molecule has 0 atom stereocenters. The summed E-state index contributed by atoms with van der Waals surface area (Å²) in [5, 5.41) is 11.0. The number of ether oxygens (including phenoxy) is 1. The van der Waals surface area contributed by atoms with Gasteiger partial charge in [-0.1, -0.05) is 12.1 Å². The summed E-state index contributed by atoms with van der Waals surface area (Å²) in [4.78, 5) is 12.4. The van der Waals surface area contributed by atoms with Gasteiger partial charge in [0, 0.05) is 12.1 Å². The standard InChI is InChI=1S/C14H10F4N2O6S/c1-25-12-7-6-9(8-10(12)15)20(26-14(16,17)18)27(23,24)13-5-3-2-4-11(13)19(21)22/h2-8H,1H3. The average molecular weight is 410 g/mol. The summed E-state index contributed by atoms with van der Waals surface area (Å²) >= 11 is 0. The van der Waals surface area contributed by atoms with Crippen molar-refractivity contribution in [2.45, 2.75) is 11.3 Å². The molecule has 8 nitrogen and oxygen atoms in total. The number of nitrogens with zero attached hydrogens (tertiary/aromatic N) is 2. The van der Waals surface area contributed by atoms with Gasteiger partial charge in [0.1, 0.15) is 0 Å². The van der Waals surface area contributed by atoms with Crippen molar-refractivity contribution in [3.8, 4) is 5.75 Å². The first-order valence-corrected chi connectivity index (χ1v) is 8.29. The van der Waals surface area contributed by atoms with E-state index >= 15 is 0 Å². The molecule has 0 unspecified atom stereocenters. The first-order chi connectivity index (χ1) is 12.5. The normalized spacial score (nSPS) is 11.9. The number of methoxy groups -OCH3 is 1. The van der Waals surface area contributed by atoms with Crippen LogP contribution < -0.4 is 9.21 Å². The highest BCUT2D eigenvalue weighted by molar-refractivity contribution is 7.92. The fourth-order valence-corrected chi connectivity index (χ4v) is 3.43. The molecule has 2 aromatic carbocycles. The molecule has 0 saturated carbocycles. The Morgan fingerprint density at radius 1 is 1.15 bits per heavy atom. The maximum atomic E-state index is 13.9. The molecular weight excluding hydrogens is 400 g/mol. The molecule has 0 N–H and O–H groups in total. The molecule has 0 aliphatic carbocycles. The number of alkyl halides is 3. The summed E-state index contributed by atoms with van der Waals surface area (Å²) in [6.07, 6.45) is -5.49. The van der Waals surface area contributed by atoms with E-state index in [4.69, 9.17) is 0 Å². The summed E-state index contributed by atoms with van der Waals surface area (Å²) in [6, 6.07) is 5.76. The van der Waals surface area contributed by atoms with Crippen molar-refractivity contribution in [3.05, 3.63) is 58.4 Å². The van der Waals surface area contributed by atoms with Gasteiger partial charge in [-0.3, -0.25) is 10.1 Å². The second-order valence-electron chi connectivity index (χ2n) is 4.81. The van der Waals surface area contributed by atoms with E-state index in [1.165, 1.54) is 0 Å². The zero-order chi connectivity index (χ0) is 20.4. The Labute approximate surface area is 149 Å². The van der Waals surface area contributed by atoms with Gasteiger partial charge < -0.3 is 4.74 Å². The molecule has 0 aliphatic heterocycles. The second kappa shape index (κ2) is 7.36. The minimum atomic E-state index is -5.49. The molecule has 0 aromatic heterocycles. The van der Waals surface area contributed by atoms with E-state index in [9.17, 15) is 36.1 Å². The maximum absolute atomic E-state index is 13.9. The molecule has 0 spiro atoms. The third-order valence-corrected chi connectivity index (χ3v) is 4.71. The third-order valence-electron chi connectivity index (χ3n) is 3.09. The molecule has 0 fully saturated rings. The lowest BCUT2D eigenvalue weighted by Crippen LogP contribution is -2.37. The van der Waals surface area contributed by atoms with Crippen LogP contribution in [0.25, 0.3) is 0 Å². The summed E-state index contributed by atoms with van der Waals surface area (Å²) in [7, 11) is -4.17. The number of benzene rings is 2. The van der Waals surface area contributed by atoms with E-state index < -0.39 is 47.9 Å². The molecular formula is C14H10F4N2O6S. The highest BCUT2D eigenvalue weighted by Gasteiger charge is 2.42. The Balaban J connectivity index is 2.67. The van der Waals surface area contributed by atoms with Crippen LogP contribution in [0, 0.1) is 15.9 Å². The van der Waals surface area contributed by atoms with Crippen LogP contribution in [0.15, 0.2) is 47.4 Å². The molecule has 0 radical (unpaired) electrons. The molecule has 2 rings (SSSR count). The fraction of sp³-hybridized carbons (Fsp3) is 0.143. The predicted octanol–water partition coefficient (Wildman–Crippen LogP) is 3.39. The highest BCUT2D eigenvalue weighted by atomic mass is 32.2. The highest BCUT2D eigenvalue weighted by Crippen LogP contribution is 2.34. The van der Waals surface area contributed by atoms with Gasteiger partial charge in [-0.15, -0.1) is 17.6 Å². The average Bonchev–Trinajstić information content (AvgIpc) is 2.58. The summed E-state index contributed by atoms with van der Waals surface area (Å²) < 4.78 is 81.4. The van der Waals surface area contributed by atoms with Crippen LogP contribution in [-0.2, 0) is 14.9 Å². The molecule has 0 heterocycles. The number of hydrogen-bond acceptors (Lipinski definition) is 6. The summed E-state index contributed by atoms with van der Waals surface area (Å²) in [6.45, 7) is 0. The number of hydrogen-bond donors (Lipinski definition) is 0. The van der Waals surface area contributed by atoms with Crippen LogP contribution in [0.4, 0.5) is 28.9 Å². The number of nitro benzene ring substituents is 1. The van der Waals surface area contributed by atoms with Gasteiger partial charge >= 0.3 is 6.36 Å². The maximum Gasteiger partial charge on any atom is 0.544 e. The van der Waals surface area contributed by atoms with Gasteiger partial charge in [0.2, 0.25) is 0 Å². The van der Waals surface area contributed by atoms with E-state index in [0.29, 0.717) is 6.07 Å². The number of nitro groups is 1. The van der Waals surface area contributed by atoms with E-state index in [2.05, 4.69) is 9.57 Å². The monoisotopic (exact) mass is 410 g/mol.